The van der Waals surface area contributed by atoms with Gasteiger partial charge < -0.3 is 4.18 Å². The average molecular weight is 343 g/mol. The Balaban J connectivity index is 1.62. The average Bonchev–Trinajstić information content (AvgIpc) is 2.97. The van der Waals surface area contributed by atoms with E-state index in [2.05, 4.69) is 9.82 Å². The van der Waals surface area contributed by atoms with E-state index in [0.717, 1.165) is 12.0 Å². The number of carbonyl (C=O) groups excluding carboxylic acids is 1. The zero-order valence-corrected chi connectivity index (χ0v) is 13.9. The Morgan fingerprint density at radius 3 is 2.54 bits per heavy atom. The van der Waals surface area contributed by atoms with Crippen LogP contribution in [0.4, 0.5) is 11.4 Å². The Labute approximate surface area is 142 Å². The highest BCUT2D eigenvalue weighted by Crippen LogP contribution is 2.24. The molecule has 0 spiro atoms. The first kappa shape index (κ1) is 16.2. The molecule has 1 aliphatic heterocycles. The lowest BCUT2D eigenvalue weighted by Gasteiger charge is -2.15. The molecule has 1 heterocycles. The first-order valence-corrected chi connectivity index (χ1v) is 8.56. The van der Waals surface area contributed by atoms with Crippen molar-refractivity contribution < 1.29 is 13.2 Å². The van der Waals surface area contributed by atoms with Crippen LogP contribution < -0.4 is 13.9 Å². The standard InChI is InChI=1S/C17H17N3O3S/c1-13-11-20(18-17(13)12-21)15-9-7-14(8-10-15)19-24(22)23-16-5-3-2-4-6-16/h2-10,12-13,19H,11H2,1H3. The monoisotopic (exact) mass is 343 g/mol. The fourth-order valence-electron chi connectivity index (χ4n) is 2.32. The van der Waals surface area contributed by atoms with Crippen molar-refractivity contribution in [2.24, 2.45) is 11.0 Å². The second-order valence-corrected chi connectivity index (χ2v) is 6.25. The fraction of sp³-hybridized carbons (Fsp3) is 0.176. The highest BCUT2D eigenvalue weighted by atomic mass is 32.2. The summed E-state index contributed by atoms with van der Waals surface area (Å²) in [5.41, 5.74) is 2.09. The van der Waals surface area contributed by atoms with E-state index >= 15 is 0 Å². The van der Waals surface area contributed by atoms with E-state index in [1.807, 2.05) is 37.3 Å². The number of hydrogen-bond acceptors (Lipinski definition) is 5. The summed E-state index contributed by atoms with van der Waals surface area (Å²) >= 11 is -1.68. The van der Waals surface area contributed by atoms with Crippen molar-refractivity contribution in [2.45, 2.75) is 6.92 Å². The highest BCUT2D eigenvalue weighted by molar-refractivity contribution is 7.81. The number of carbonyl (C=O) groups is 1. The number of hydrogen-bond donors (Lipinski definition) is 1. The van der Waals surface area contributed by atoms with Gasteiger partial charge in [0.05, 0.1) is 5.69 Å². The molecule has 0 bridgehead atoms. The molecular formula is C17H17N3O3S. The Hall–Kier alpha value is -2.67. The molecule has 6 nitrogen and oxygen atoms in total. The molecule has 0 saturated carbocycles. The number of anilines is 2. The summed E-state index contributed by atoms with van der Waals surface area (Å²) in [5.74, 6) is 0.647. The maximum atomic E-state index is 12.0. The lowest BCUT2D eigenvalue weighted by molar-refractivity contribution is -0.102. The summed E-state index contributed by atoms with van der Waals surface area (Å²) < 4.78 is 20.0. The topological polar surface area (TPSA) is 71.0 Å². The number of nitrogens with zero attached hydrogens (tertiary/aromatic N) is 2. The molecule has 24 heavy (non-hydrogen) atoms. The zero-order valence-electron chi connectivity index (χ0n) is 13.1. The molecule has 2 aromatic carbocycles. The minimum absolute atomic E-state index is 0.118. The van der Waals surface area contributed by atoms with Crippen LogP contribution in [0.2, 0.25) is 0 Å². The maximum absolute atomic E-state index is 12.0. The Morgan fingerprint density at radius 1 is 1.21 bits per heavy atom. The Bertz CT molecular complexity index is 762. The number of nitrogens with one attached hydrogen (secondary N) is 1. The van der Waals surface area contributed by atoms with Crippen molar-refractivity contribution >= 4 is 34.6 Å². The van der Waals surface area contributed by atoms with Gasteiger partial charge in [-0.2, -0.15) is 9.31 Å². The van der Waals surface area contributed by atoms with Gasteiger partial charge in [-0.25, -0.2) is 0 Å². The summed E-state index contributed by atoms with van der Waals surface area (Å²) in [7, 11) is 0. The molecular weight excluding hydrogens is 326 g/mol. The molecule has 2 atom stereocenters. The molecule has 1 aliphatic rings. The molecule has 3 rings (SSSR count). The van der Waals surface area contributed by atoms with Crippen LogP contribution in [0.15, 0.2) is 59.7 Å². The molecule has 0 fully saturated rings. The van der Waals surface area contributed by atoms with Gasteiger partial charge in [0.25, 0.3) is 0 Å². The molecule has 0 aliphatic carbocycles. The van der Waals surface area contributed by atoms with Crippen LogP contribution in [-0.4, -0.2) is 22.8 Å². The molecule has 2 unspecified atom stereocenters. The van der Waals surface area contributed by atoms with Gasteiger partial charge >= 0.3 is 11.3 Å². The largest absolute Gasteiger partial charge is 0.385 e. The van der Waals surface area contributed by atoms with E-state index in [1.54, 1.807) is 29.3 Å². The quantitative estimate of drug-likeness (QED) is 0.819. The Kier molecular flexibility index (Phi) is 4.90. The SMILES string of the molecule is CC1CN(c2ccc(NS(=O)Oc3ccccc3)cc2)N=C1C=O. The molecule has 2 aromatic rings. The van der Waals surface area contributed by atoms with E-state index in [1.165, 1.54) is 0 Å². The predicted octanol–water partition coefficient (Wildman–Crippen LogP) is 2.77. The molecule has 7 heteroatoms. The van der Waals surface area contributed by atoms with Crippen LogP contribution in [0.25, 0.3) is 0 Å². The van der Waals surface area contributed by atoms with Crippen molar-refractivity contribution in [2.75, 3.05) is 16.3 Å². The number of para-hydroxylation sites is 1. The molecule has 0 saturated heterocycles. The first-order valence-electron chi connectivity index (χ1n) is 7.49. The third-order valence-electron chi connectivity index (χ3n) is 3.59. The number of aldehydes is 1. The van der Waals surface area contributed by atoms with Crippen LogP contribution in [0.5, 0.6) is 5.75 Å². The second kappa shape index (κ2) is 7.27. The number of benzene rings is 2. The summed E-state index contributed by atoms with van der Waals surface area (Å²) in [4.78, 5) is 10.9. The van der Waals surface area contributed by atoms with Gasteiger partial charge in [0, 0.05) is 18.2 Å². The van der Waals surface area contributed by atoms with Gasteiger partial charge in [0.2, 0.25) is 0 Å². The van der Waals surface area contributed by atoms with Crippen LogP contribution >= 0.6 is 0 Å². The molecule has 0 radical (unpaired) electrons. The molecule has 1 N–H and O–H groups in total. The summed E-state index contributed by atoms with van der Waals surface area (Å²) in [6.45, 7) is 2.64. The van der Waals surface area contributed by atoms with Crippen LogP contribution in [0, 0.1) is 5.92 Å². The van der Waals surface area contributed by atoms with E-state index in [9.17, 15) is 9.00 Å². The van der Waals surface area contributed by atoms with Crippen LogP contribution in [0.3, 0.4) is 0 Å². The normalized spacial score (nSPS) is 18.0. The third-order valence-corrected chi connectivity index (χ3v) is 4.34. The molecule has 0 aromatic heterocycles. The van der Waals surface area contributed by atoms with Gasteiger partial charge in [-0.05, 0) is 36.4 Å². The van der Waals surface area contributed by atoms with Gasteiger partial charge in [-0.3, -0.25) is 14.5 Å². The number of hydrazone groups is 1. The number of rotatable bonds is 6. The predicted molar refractivity (Wildman–Crippen MR) is 95.3 cm³/mol. The lowest BCUT2D eigenvalue weighted by atomic mass is 10.1. The zero-order chi connectivity index (χ0) is 16.9. The smallest absolute Gasteiger partial charge is 0.316 e. The summed E-state index contributed by atoms with van der Waals surface area (Å²) in [6.07, 6.45) is 0.796. The van der Waals surface area contributed by atoms with E-state index < -0.39 is 11.3 Å². The van der Waals surface area contributed by atoms with Crippen molar-refractivity contribution in [1.29, 1.82) is 0 Å². The molecule has 0 amide bonds. The van der Waals surface area contributed by atoms with Crippen molar-refractivity contribution in [1.82, 2.24) is 0 Å². The van der Waals surface area contributed by atoms with E-state index in [0.29, 0.717) is 23.7 Å². The van der Waals surface area contributed by atoms with Crippen LogP contribution in [-0.2, 0) is 16.1 Å². The van der Waals surface area contributed by atoms with Crippen molar-refractivity contribution in [3.63, 3.8) is 0 Å². The van der Waals surface area contributed by atoms with E-state index in [4.69, 9.17) is 4.18 Å². The van der Waals surface area contributed by atoms with Crippen LogP contribution in [0.1, 0.15) is 6.92 Å². The lowest BCUT2D eigenvalue weighted by Crippen LogP contribution is -2.17. The van der Waals surface area contributed by atoms with E-state index in [-0.39, 0.29) is 5.92 Å². The van der Waals surface area contributed by atoms with Crippen molar-refractivity contribution in [3.05, 3.63) is 54.6 Å². The van der Waals surface area contributed by atoms with Gasteiger partial charge in [-0.15, -0.1) is 0 Å². The second-order valence-electron chi connectivity index (χ2n) is 5.41. The summed E-state index contributed by atoms with van der Waals surface area (Å²) in [5, 5.41) is 6.07. The van der Waals surface area contributed by atoms with Crippen molar-refractivity contribution in [3.8, 4) is 5.75 Å². The maximum Gasteiger partial charge on any atom is 0.316 e. The van der Waals surface area contributed by atoms with Gasteiger partial charge in [0.1, 0.15) is 11.5 Å². The highest BCUT2D eigenvalue weighted by Gasteiger charge is 2.23. The molecule has 124 valence electrons. The third kappa shape index (κ3) is 3.80. The van der Waals surface area contributed by atoms with Gasteiger partial charge in [-0.1, -0.05) is 25.1 Å². The first-order chi connectivity index (χ1) is 11.7. The van der Waals surface area contributed by atoms with Gasteiger partial charge in [0.15, 0.2) is 6.29 Å². The minimum atomic E-state index is -1.68. The Morgan fingerprint density at radius 2 is 1.92 bits per heavy atom. The minimum Gasteiger partial charge on any atom is -0.385 e. The fourth-order valence-corrected chi connectivity index (χ4v) is 2.97. The summed E-state index contributed by atoms with van der Waals surface area (Å²) in [6, 6.07) is 16.2.